The molecule has 2 N–H and O–H groups in total. The maximum Gasteiger partial charge on any atom is 0.326 e. The molecule has 1 aromatic heterocycles. The van der Waals surface area contributed by atoms with E-state index in [0.717, 1.165) is 5.82 Å². The molecule has 0 saturated carbocycles. The maximum absolute atomic E-state index is 12.2. The molecule has 22 heavy (non-hydrogen) atoms. The van der Waals surface area contributed by atoms with Crippen LogP contribution in [0.1, 0.15) is 13.8 Å². The summed E-state index contributed by atoms with van der Waals surface area (Å²) in [5, 5.41) is 11.7. The fourth-order valence-electron chi connectivity index (χ4n) is 2.42. The van der Waals surface area contributed by atoms with E-state index in [4.69, 9.17) is 5.11 Å². The van der Waals surface area contributed by atoms with E-state index in [1.54, 1.807) is 24.9 Å². The molecule has 2 heterocycles. The Morgan fingerprint density at radius 1 is 1.23 bits per heavy atom. The molecule has 1 atom stereocenters. The molecule has 0 unspecified atom stereocenters. The first-order valence-corrected chi connectivity index (χ1v) is 7.43. The molecule has 1 aliphatic rings. The normalized spacial score (nSPS) is 16.5. The number of amides is 2. The van der Waals surface area contributed by atoms with Gasteiger partial charge in [-0.05, 0) is 18.1 Å². The summed E-state index contributed by atoms with van der Waals surface area (Å²) in [7, 11) is 0. The Morgan fingerprint density at radius 3 is 2.41 bits per heavy atom. The number of urea groups is 1. The molecule has 7 nitrogen and oxygen atoms in total. The van der Waals surface area contributed by atoms with Gasteiger partial charge in [0.1, 0.15) is 11.9 Å². The number of carbonyl (C=O) groups excluding carboxylic acids is 1. The third kappa shape index (κ3) is 3.87. The zero-order chi connectivity index (χ0) is 16.1. The molecule has 0 spiro atoms. The van der Waals surface area contributed by atoms with E-state index in [1.165, 1.54) is 0 Å². The van der Waals surface area contributed by atoms with Gasteiger partial charge in [0, 0.05) is 32.4 Å². The Hall–Kier alpha value is -2.31. The summed E-state index contributed by atoms with van der Waals surface area (Å²) >= 11 is 0. The van der Waals surface area contributed by atoms with Crippen LogP contribution in [0.2, 0.25) is 0 Å². The van der Waals surface area contributed by atoms with E-state index in [-0.39, 0.29) is 11.9 Å². The van der Waals surface area contributed by atoms with Gasteiger partial charge in [-0.3, -0.25) is 0 Å². The summed E-state index contributed by atoms with van der Waals surface area (Å²) in [6.45, 7) is 6.02. The van der Waals surface area contributed by atoms with Gasteiger partial charge in [0.25, 0.3) is 0 Å². The number of nitrogens with one attached hydrogen (secondary N) is 1. The van der Waals surface area contributed by atoms with Gasteiger partial charge in [0.2, 0.25) is 0 Å². The van der Waals surface area contributed by atoms with Crippen molar-refractivity contribution >= 4 is 17.8 Å². The second-order valence-corrected chi connectivity index (χ2v) is 5.67. The lowest BCUT2D eigenvalue weighted by Gasteiger charge is -2.36. The van der Waals surface area contributed by atoms with Gasteiger partial charge in [-0.15, -0.1) is 0 Å². The Morgan fingerprint density at radius 2 is 1.91 bits per heavy atom. The Kier molecular flexibility index (Phi) is 5.19. The Labute approximate surface area is 129 Å². The number of anilines is 1. The van der Waals surface area contributed by atoms with Crippen LogP contribution in [0.5, 0.6) is 0 Å². The molecule has 0 aliphatic carbocycles. The number of nitrogens with zero attached hydrogens (tertiary/aromatic N) is 3. The predicted molar refractivity (Wildman–Crippen MR) is 82.8 cm³/mol. The highest BCUT2D eigenvalue weighted by molar-refractivity contribution is 5.82. The number of aliphatic carboxylic acids is 1. The lowest BCUT2D eigenvalue weighted by molar-refractivity contribution is -0.140. The number of hydrogen-bond donors (Lipinski definition) is 2. The highest BCUT2D eigenvalue weighted by Crippen LogP contribution is 2.13. The van der Waals surface area contributed by atoms with Crippen LogP contribution in [0.3, 0.4) is 0 Å². The van der Waals surface area contributed by atoms with Crippen LogP contribution in [0.4, 0.5) is 10.6 Å². The first kappa shape index (κ1) is 16.1. The van der Waals surface area contributed by atoms with Crippen molar-refractivity contribution < 1.29 is 14.7 Å². The Balaban J connectivity index is 1.88. The minimum atomic E-state index is -1.00. The van der Waals surface area contributed by atoms with Crippen molar-refractivity contribution in [1.29, 1.82) is 0 Å². The monoisotopic (exact) mass is 306 g/mol. The van der Waals surface area contributed by atoms with Gasteiger partial charge in [-0.25, -0.2) is 14.6 Å². The summed E-state index contributed by atoms with van der Waals surface area (Å²) in [5.41, 5.74) is 0. The first-order chi connectivity index (χ1) is 10.5. The second-order valence-electron chi connectivity index (χ2n) is 5.67. The molecular formula is C15H22N4O3. The van der Waals surface area contributed by atoms with E-state index in [0.29, 0.717) is 26.2 Å². The molecule has 1 fully saturated rings. The van der Waals surface area contributed by atoms with Crippen LogP contribution < -0.4 is 10.2 Å². The van der Waals surface area contributed by atoms with Crippen molar-refractivity contribution in [3.63, 3.8) is 0 Å². The van der Waals surface area contributed by atoms with Crippen molar-refractivity contribution in [2.24, 2.45) is 5.92 Å². The number of carboxylic acid groups (broad SMARTS) is 1. The first-order valence-electron chi connectivity index (χ1n) is 7.43. The smallest absolute Gasteiger partial charge is 0.326 e. The molecule has 2 amide bonds. The molecule has 2 rings (SSSR count). The van der Waals surface area contributed by atoms with Crippen molar-refractivity contribution in [3.05, 3.63) is 24.4 Å². The van der Waals surface area contributed by atoms with Crippen LogP contribution in [-0.4, -0.2) is 59.2 Å². The average Bonchev–Trinajstić information content (AvgIpc) is 2.52. The fourth-order valence-corrected chi connectivity index (χ4v) is 2.42. The summed E-state index contributed by atoms with van der Waals surface area (Å²) in [6.07, 6.45) is 1.74. The molecule has 0 aromatic carbocycles. The molecule has 0 radical (unpaired) electrons. The van der Waals surface area contributed by atoms with Crippen molar-refractivity contribution in [1.82, 2.24) is 15.2 Å². The van der Waals surface area contributed by atoms with Gasteiger partial charge >= 0.3 is 12.0 Å². The van der Waals surface area contributed by atoms with Crippen LogP contribution in [0, 0.1) is 5.92 Å². The highest BCUT2D eigenvalue weighted by atomic mass is 16.4. The quantitative estimate of drug-likeness (QED) is 0.867. The van der Waals surface area contributed by atoms with Gasteiger partial charge in [0.05, 0.1) is 0 Å². The summed E-state index contributed by atoms with van der Waals surface area (Å²) in [6, 6.07) is 4.56. The maximum atomic E-state index is 12.2. The molecule has 120 valence electrons. The predicted octanol–water partition coefficient (Wildman–Crippen LogP) is 1.02. The van der Waals surface area contributed by atoms with E-state index in [2.05, 4.69) is 15.2 Å². The SMILES string of the molecule is CC(C)[C@H](NC(=O)N1CCN(c2ccccn2)CC1)C(=O)O. The van der Waals surface area contributed by atoms with E-state index < -0.39 is 12.0 Å². The van der Waals surface area contributed by atoms with Crippen molar-refractivity contribution in [2.75, 3.05) is 31.1 Å². The molecule has 1 saturated heterocycles. The zero-order valence-electron chi connectivity index (χ0n) is 12.9. The third-order valence-electron chi connectivity index (χ3n) is 3.75. The lowest BCUT2D eigenvalue weighted by atomic mass is 10.1. The summed E-state index contributed by atoms with van der Waals surface area (Å²) < 4.78 is 0. The van der Waals surface area contributed by atoms with Crippen LogP contribution >= 0.6 is 0 Å². The third-order valence-corrected chi connectivity index (χ3v) is 3.75. The van der Waals surface area contributed by atoms with E-state index in [1.807, 2.05) is 18.2 Å². The standard InChI is InChI=1S/C15H22N4O3/c1-11(2)13(14(20)21)17-15(22)19-9-7-18(8-10-19)12-5-3-4-6-16-12/h3-6,11,13H,7-10H2,1-2H3,(H,17,22)(H,20,21)/t13-/m0/s1. The minimum Gasteiger partial charge on any atom is -0.480 e. The number of aromatic nitrogens is 1. The molecular weight excluding hydrogens is 284 g/mol. The Bertz CT molecular complexity index is 513. The summed E-state index contributed by atoms with van der Waals surface area (Å²) in [5.74, 6) is -0.264. The van der Waals surface area contributed by atoms with Gasteiger partial charge < -0.3 is 20.2 Å². The fraction of sp³-hybridized carbons (Fsp3) is 0.533. The van der Waals surface area contributed by atoms with Gasteiger partial charge in [-0.2, -0.15) is 0 Å². The summed E-state index contributed by atoms with van der Waals surface area (Å²) in [4.78, 5) is 31.4. The molecule has 1 aromatic rings. The number of piperazine rings is 1. The number of carboxylic acids is 1. The van der Waals surface area contributed by atoms with Crippen molar-refractivity contribution in [2.45, 2.75) is 19.9 Å². The van der Waals surface area contributed by atoms with Crippen LogP contribution in [0.15, 0.2) is 24.4 Å². The number of rotatable bonds is 4. The zero-order valence-corrected chi connectivity index (χ0v) is 12.9. The van der Waals surface area contributed by atoms with Crippen LogP contribution in [-0.2, 0) is 4.79 Å². The average molecular weight is 306 g/mol. The van der Waals surface area contributed by atoms with E-state index in [9.17, 15) is 9.59 Å². The second kappa shape index (κ2) is 7.11. The molecule has 1 aliphatic heterocycles. The highest BCUT2D eigenvalue weighted by Gasteiger charge is 2.27. The van der Waals surface area contributed by atoms with Crippen molar-refractivity contribution in [3.8, 4) is 0 Å². The van der Waals surface area contributed by atoms with E-state index >= 15 is 0 Å². The topological polar surface area (TPSA) is 85.8 Å². The molecule has 0 bridgehead atoms. The molecule has 7 heteroatoms. The van der Waals surface area contributed by atoms with Crippen LogP contribution in [0.25, 0.3) is 0 Å². The van der Waals surface area contributed by atoms with Gasteiger partial charge in [-0.1, -0.05) is 19.9 Å². The van der Waals surface area contributed by atoms with Gasteiger partial charge in [0.15, 0.2) is 0 Å². The lowest BCUT2D eigenvalue weighted by Crippen LogP contribution is -2.55. The largest absolute Gasteiger partial charge is 0.480 e. The minimum absolute atomic E-state index is 0.156. The number of carbonyl (C=O) groups is 2. The number of pyridine rings is 1. The number of hydrogen-bond acceptors (Lipinski definition) is 4.